The highest BCUT2D eigenvalue weighted by Gasteiger charge is 2.61. The van der Waals surface area contributed by atoms with Crippen LogP contribution in [-0.2, 0) is 4.79 Å². The van der Waals surface area contributed by atoms with Crippen molar-refractivity contribution in [1.29, 1.82) is 0 Å². The topological polar surface area (TPSA) is 41.1 Å². The van der Waals surface area contributed by atoms with E-state index >= 15 is 0 Å². The fourth-order valence-electron chi connectivity index (χ4n) is 2.09. The molecule has 0 aromatic rings. The fraction of sp³-hybridized carbons (Fsp3) is 0.917. The van der Waals surface area contributed by atoms with Gasteiger partial charge in [0, 0.05) is 12.6 Å². The number of thioether (sulfide) groups is 1. The molecular weight excluding hydrogens is 277 g/mol. The highest BCUT2D eigenvalue weighted by atomic mass is 32.2. The molecule has 0 aliphatic carbocycles. The Morgan fingerprint density at radius 1 is 1.53 bits per heavy atom. The van der Waals surface area contributed by atoms with E-state index in [4.69, 9.17) is 0 Å². The molecule has 0 aromatic heterocycles. The van der Waals surface area contributed by atoms with Crippen LogP contribution in [0.5, 0.6) is 0 Å². The van der Waals surface area contributed by atoms with Crippen molar-refractivity contribution < 1.29 is 18.0 Å². The van der Waals surface area contributed by atoms with Crippen LogP contribution in [-0.4, -0.2) is 42.7 Å². The second kappa shape index (κ2) is 6.83. The highest BCUT2D eigenvalue weighted by molar-refractivity contribution is 7.99. The molecule has 19 heavy (non-hydrogen) atoms. The van der Waals surface area contributed by atoms with Crippen molar-refractivity contribution in [3.63, 3.8) is 0 Å². The molecule has 7 heteroatoms. The molecule has 1 fully saturated rings. The lowest BCUT2D eigenvalue weighted by atomic mass is 9.85. The normalized spacial score (nSPS) is 25.3. The number of rotatable bonds is 6. The molecule has 0 saturated carbocycles. The minimum atomic E-state index is -4.50. The van der Waals surface area contributed by atoms with Crippen LogP contribution >= 0.6 is 11.8 Å². The summed E-state index contributed by atoms with van der Waals surface area (Å²) in [6.07, 6.45) is -4.00. The van der Waals surface area contributed by atoms with Crippen molar-refractivity contribution in [3.05, 3.63) is 0 Å². The van der Waals surface area contributed by atoms with Crippen molar-refractivity contribution >= 4 is 17.7 Å². The summed E-state index contributed by atoms with van der Waals surface area (Å²) in [4.78, 5) is 12.0. The third-order valence-corrected chi connectivity index (χ3v) is 4.34. The van der Waals surface area contributed by atoms with E-state index in [1.54, 1.807) is 18.7 Å². The van der Waals surface area contributed by atoms with Crippen LogP contribution in [0.3, 0.4) is 0 Å². The maximum atomic E-state index is 13.1. The van der Waals surface area contributed by atoms with Gasteiger partial charge in [-0.1, -0.05) is 6.92 Å². The Kier molecular flexibility index (Phi) is 5.98. The number of amides is 1. The summed E-state index contributed by atoms with van der Waals surface area (Å²) >= 11 is 1.71. The van der Waals surface area contributed by atoms with Gasteiger partial charge in [-0.25, -0.2) is 0 Å². The van der Waals surface area contributed by atoms with E-state index in [1.165, 1.54) is 0 Å². The van der Waals surface area contributed by atoms with Gasteiger partial charge in [0.2, 0.25) is 5.91 Å². The molecule has 1 amide bonds. The number of alkyl halides is 3. The van der Waals surface area contributed by atoms with Crippen LogP contribution in [0.25, 0.3) is 0 Å². The number of hydrogen-bond acceptors (Lipinski definition) is 3. The first-order valence-corrected chi connectivity index (χ1v) is 7.65. The van der Waals surface area contributed by atoms with Crippen LogP contribution in [0, 0.1) is 5.41 Å². The van der Waals surface area contributed by atoms with E-state index in [1.807, 2.05) is 6.92 Å². The van der Waals surface area contributed by atoms with Crippen LogP contribution < -0.4 is 10.6 Å². The number of halogens is 3. The Morgan fingerprint density at radius 3 is 2.68 bits per heavy atom. The van der Waals surface area contributed by atoms with Gasteiger partial charge >= 0.3 is 6.18 Å². The Morgan fingerprint density at radius 2 is 2.21 bits per heavy atom. The van der Waals surface area contributed by atoms with Crippen molar-refractivity contribution in [3.8, 4) is 0 Å². The molecular formula is C12H21F3N2OS. The molecule has 2 atom stereocenters. The standard InChI is InChI=1S/C12H21F3N2OS/c1-3-19-7-4-9(2)17-10(18)11(12(13,14)15)5-6-16-8-11/h9,16H,3-8H2,1-2H3,(H,17,18). The van der Waals surface area contributed by atoms with Gasteiger partial charge in [-0.05, 0) is 37.8 Å². The summed E-state index contributed by atoms with van der Waals surface area (Å²) in [7, 11) is 0. The fourth-order valence-corrected chi connectivity index (χ4v) is 2.90. The third-order valence-electron chi connectivity index (χ3n) is 3.41. The minimum absolute atomic E-state index is 0.182. The number of hydrogen-bond donors (Lipinski definition) is 2. The zero-order chi connectivity index (χ0) is 14.5. The Bertz CT molecular complexity index is 304. The molecule has 0 aromatic carbocycles. The van der Waals surface area contributed by atoms with Gasteiger partial charge in [-0.15, -0.1) is 0 Å². The molecule has 3 nitrogen and oxygen atoms in total. The SMILES string of the molecule is CCSCCC(C)NC(=O)C1(C(F)(F)F)CCNC1. The monoisotopic (exact) mass is 298 g/mol. The van der Waals surface area contributed by atoms with E-state index in [9.17, 15) is 18.0 Å². The van der Waals surface area contributed by atoms with Crippen molar-refractivity contribution in [1.82, 2.24) is 10.6 Å². The summed E-state index contributed by atoms with van der Waals surface area (Å²) in [5, 5.41) is 5.16. The van der Waals surface area contributed by atoms with E-state index in [2.05, 4.69) is 10.6 Å². The zero-order valence-electron chi connectivity index (χ0n) is 11.3. The van der Waals surface area contributed by atoms with Crippen molar-refractivity contribution in [2.24, 2.45) is 5.41 Å². The van der Waals surface area contributed by atoms with Gasteiger partial charge in [0.25, 0.3) is 0 Å². The number of nitrogens with one attached hydrogen (secondary N) is 2. The lowest BCUT2D eigenvalue weighted by Gasteiger charge is -2.30. The maximum absolute atomic E-state index is 13.1. The molecule has 2 N–H and O–H groups in total. The minimum Gasteiger partial charge on any atom is -0.353 e. The Hall–Kier alpha value is -0.430. The van der Waals surface area contributed by atoms with E-state index < -0.39 is 17.5 Å². The molecule has 112 valence electrons. The lowest BCUT2D eigenvalue weighted by molar-refractivity contribution is -0.216. The molecule has 1 rings (SSSR count). The number of carbonyl (C=O) groups is 1. The summed E-state index contributed by atoms with van der Waals surface area (Å²) in [6.45, 7) is 3.68. The van der Waals surface area contributed by atoms with Gasteiger partial charge in [0.1, 0.15) is 0 Å². The molecule has 0 spiro atoms. The van der Waals surface area contributed by atoms with E-state index in [0.717, 1.165) is 11.5 Å². The summed E-state index contributed by atoms with van der Waals surface area (Å²) in [5.41, 5.74) is -2.25. The zero-order valence-corrected chi connectivity index (χ0v) is 12.1. The van der Waals surface area contributed by atoms with Crippen LogP contribution in [0.4, 0.5) is 13.2 Å². The van der Waals surface area contributed by atoms with Crippen molar-refractivity contribution in [2.75, 3.05) is 24.6 Å². The third kappa shape index (κ3) is 4.02. The molecule has 1 aliphatic heterocycles. The predicted octanol–water partition coefficient (Wildman–Crippen LogP) is 2.18. The van der Waals surface area contributed by atoms with Gasteiger partial charge in [-0.2, -0.15) is 24.9 Å². The molecule has 1 aliphatic rings. The molecule has 1 saturated heterocycles. The van der Waals surface area contributed by atoms with Crippen LogP contribution in [0.15, 0.2) is 0 Å². The Balaban J connectivity index is 2.59. The average molecular weight is 298 g/mol. The molecule has 1 heterocycles. The molecule has 0 radical (unpaired) electrons. The first-order chi connectivity index (χ1) is 8.83. The van der Waals surface area contributed by atoms with Crippen molar-refractivity contribution in [2.45, 2.75) is 38.9 Å². The second-order valence-corrected chi connectivity index (χ2v) is 6.26. The largest absolute Gasteiger partial charge is 0.404 e. The first-order valence-electron chi connectivity index (χ1n) is 6.49. The second-order valence-electron chi connectivity index (χ2n) is 4.87. The number of carbonyl (C=O) groups excluding carboxylic acids is 1. The maximum Gasteiger partial charge on any atom is 0.404 e. The summed E-state index contributed by atoms with van der Waals surface area (Å²) < 4.78 is 39.4. The molecule has 0 bridgehead atoms. The van der Waals surface area contributed by atoms with E-state index in [0.29, 0.717) is 6.42 Å². The van der Waals surface area contributed by atoms with Crippen LogP contribution in [0.1, 0.15) is 26.7 Å². The summed E-state index contributed by atoms with van der Waals surface area (Å²) in [6, 6.07) is -0.230. The predicted molar refractivity (Wildman–Crippen MR) is 71.2 cm³/mol. The first kappa shape index (κ1) is 16.6. The lowest BCUT2D eigenvalue weighted by Crippen LogP contribution is -2.54. The summed E-state index contributed by atoms with van der Waals surface area (Å²) in [5.74, 6) is 0.922. The van der Waals surface area contributed by atoms with Gasteiger partial charge in [-0.3, -0.25) is 4.79 Å². The van der Waals surface area contributed by atoms with E-state index in [-0.39, 0.29) is 25.6 Å². The van der Waals surface area contributed by atoms with Crippen LogP contribution in [0.2, 0.25) is 0 Å². The van der Waals surface area contributed by atoms with Gasteiger partial charge < -0.3 is 10.6 Å². The smallest absolute Gasteiger partial charge is 0.353 e. The van der Waals surface area contributed by atoms with Gasteiger partial charge in [0.15, 0.2) is 5.41 Å². The average Bonchev–Trinajstić information content (AvgIpc) is 2.78. The van der Waals surface area contributed by atoms with Gasteiger partial charge in [0.05, 0.1) is 0 Å². The quantitative estimate of drug-likeness (QED) is 0.739. The Labute approximate surface area is 116 Å². The highest BCUT2D eigenvalue weighted by Crippen LogP contribution is 2.43. The molecule has 2 unspecified atom stereocenters.